The van der Waals surface area contributed by atoms with Crippen LogP contribution in [0.3, 0.4) is 0 Å². The van der Waals surface area contributed by atoms with Crippen LogP contribution in [-0.2, 0) is 15.7 Å². The van der Waals surface area contributed by atoms with Crippen molar-refractivity contribution >= 4 is 11.9 Å². The smallest absolute Gasteiger partial charge is 0.434 e. The molecule has 110 valence electrons. The minimum absolute atomic E-state index is 0.139. The summed E-state index contributed by atoms with van der Waals surface area (Å²) in [6.45, 7) is 0.910. The third-order valence-corrected chi connectivity index (χ3v) is 2.73. The molecule has 1 unspecified atom stereocenters. The van der Waals surface area contributed by atoms with Gasteiger partial charge in [-0.15, -0.1) is 0 Å². The second-order valence-electron chi connectivity index (χ2n) is 4.15. The number of hydrogen-bond acceptors (Lipinski definition) is 6. The van der Waals surface area contributed by atoms with Crippen LogP contribution in [-0.4, -0.2) is 42.3 Å². The summed E-state index contributed by atoms with van der Waals surface area (Å²) in [4.78, 5) is 18.4. The zero-order valence-corrected chi connectivity index (χ0v) is 10.5. The number of nitrogens with one attached hydrogen (secondary N) is 1. The van der Waals surface area contributed by atoms with Gasteiger partial charge in [0.25, 0.3) is 0 Å². The molecule has 2 heterocycles. The van der Waals surface area contributed by atoms with Gasteiger partial charge < -0.3 is 14.8 Å². The van der Waals surface area contributed by atoms with Crippen LogP contribution in [0.1, 0.15) is 22.5 Å². The molecular weight excluding hydrogens is 279 g/mol. The molecule has 0 spiro atoms. The first-order valence-electron chi connectivity index (χ1n) is 5.78. The van der Waals surface area contributed by atoms with Crippen molar-refractivity contribution in [3.05, 3.63) is 17.5 Å². The molecule has 6 nitrogen and oxygen atoms in total. The van der Waals surface area contributed by atoms with E-state index in [-0.39, 0.29) is 12.0 Å². The van der Waals surface area contributed by atoms with Gasteiger partial charge in [0.2, 0.25) is 5.95 Å². The van der Waals surface area contributed by atoms with Crippen LogP contribution < -0.4 is 5.32 Å². The molecule has 1 fully saturated rings. The summed E-state index contributed by atoms with van der Waals surface area (Å²) < 4.78 is 48.0. The lowest BCUT2D eigenvalue weighted by molar-refractivity contribution is -0.141. The number of methoxy groups -OCH3 is 1. The van der Waals surface area contributed by atoms with E-state index in [1.54, 1.807) is 0 Å². The Morgan fingerprint density at radius 3 is 2.85 bits per heavy atom. The van der Waals surface area contributed by atoms with Crippen LogP contribution >= 0.6 is 0 Å². The van der Waals surface area contributed by atoms with E-state index >= 15 is 0 Å². The molecular formula is C11H12F3N3O3. The van der Waals surface area contributed by atoms with E-state index in [2.05, 4.69) is 20.0 Å². The Labute approximate surface area is 112 Å². The van der Waals surface area contributed by atoms with E-state index in [1.807, 2.05) is 0 Å². The Kier molecular flexibility index (Phi) is 4.07. The Balaban J connectivity index is 2.30. The average molecular weight is 291 g/mol. The van der Waals surface area contributed by atoms with Gasteiger partial charge >= 0.3 is 12.1 Å². The molecule has 1 atom stereocenters. The van der Waals surface area contributed by atoms with Gasteiger partial charge in [-0.25, -0.2) is 14.8 Å². The van der Waals surface area contributed by atoms with E-state index in [9.17, 15) is 18.0 Å². The summed E-state index contributed by atoms with van der Waals surface area (Å²) in [5.41, 5.74) is -2.03. The van der Waals surface area contributed by atoms with Crippen LogP contribution in [0.2, 0.25) is 0 Å². The second kappa shape index (κ2) is 5.61. The van der Waals surface area contributed by atoms with Crippen molar-refractivity contribution in [1.29, 1.82) is 0 Å². The number of halogens is 3. The van der Waals surface area contributed by atoms with Crippen molar-refractivity contribution in [2.24, 2.45) is 0 Å². The number of hydrogen-bond donors (Lipinski definition) is 1. The van der Waals surface area contributed by atoms with Gasteiger partial charge in [0.15, 0.2) is 5.69 Å². The Morgan fingerprint density at radius 2 is 2.30 bits per heavy atom. The van der Waals surface area contributed by atoms with Gasteiger partial charge in [-0.05, 0) is 6.42 Å². The monoisotopic (exact) mass is 291 g/mol. The Hall–Kier alpha value is -1.90. The summed E-state index contributed by atoms with van der Waals surface area (Å²) in [5.74, 6) is -1.33. The van der Waals surface area contributed by atoms with E-state index in [1.165, 1.54) is 0 Å². The minimum Gasteiger partial charge on any atom is -0.465 e. The molecule has 0 radical (unpaired) electrons. The Morgan fingerprint density at radius 1 is 1.55 bits per heavy atom. The maximum absolute atomic E-state index is 12.9. The van der Waals surface area contributed by atoms with Crippen LogP contribution in [0.5, 0.6) is 0 Å². The number of nitrogens with zero attached hydrogens (tertiary/aromatic N) is 2. The van der Waals surface area contributed by atoms with Crippen LogP contribution in [0, 0.1) is 0 Å². The molecule has 20 heavy (non-hydrogen) atoms. The molecule has 1 aliphatic rings. The number of alkyl halides is 3. The first-order valence-corrected chi connectivity index (χ1v) is 5.78. The van der Waals surface area contributed by atoms with Crippen LogP contribution in [0.15, 0.2) is 6.20 Å². The number of esters is 1. The number of carbonyl (C=O) groups excluding carboxylic acids is 1. The topological polar surface area (TPSA) is 73.3 Å². The summed E-state index contributed by atoms with van der Waals surface area (Å²) in [6, 6.07) is -0.139. The minimum atomic E-state index is -4.77. The lowest BCUT2D eigenvalue weighted by Crippen LogP contribution is -2.23. The van der Waals surface area contributed by atoms with Crippen molar-refractivity contribution in [3.8, 4) is 0 Å². The number of carbonyl (C=O) groups is 1. The number of aromatic nitrogens is 2. The fourth-order valence-corrected chi connectivity index (χ4v) is 1.76. The molecule has 1 saturated heterocycles. The van der Waals surface area contributed by atoms with Gasteiger partial charge in [0, 0.05) is 12.8 Å². The zero-order valence-electron chi connectivity index (χ0n) is 10.5. The highest BCUT2D eigenvalue weighted by Gasteiger charge is 2.38. The predicted molar refractivity (Wildman–Crippen MR) is 61.2 cm³/mol. The van der Waals surface area contributed by atoms with E-state index in [0.29, 0.717) is 19.6 Å². The second-order valence-corrected chi connectivity index (χ2v) is 4.15. The SMILES string of the molecule is COC(=O)c1cnc(NC2CCOC2)nc1C(F)(F)F. The molecule has 1 aromatic heterocycles. The summed E-state index contributed by atoms with van der Waals surface area (Å²) in [7, 11) is 0.991. The number of anilines is 1. The average Bonchev–Trinajstić information content (AvgIpc) is 2.89. The molecule has 2 rings (SSSR count). The summed E-state index contributed by atoms with van der Waals surface area (Å²) >= 11 is 0. The number of rotatable bonds is 3. The maximum atomic E-state index is 12.9. The fourth-order valence-electron chi connectivity index (χ4n) is 1.76. The van der Waals surface area contributed by atoms with E-state index in [0.717, 1.165) is 13.3 Å². The Bertz CT molecular complexity index is 501. The third-order valence-electron chi connectivity index (χ3n) is 2.73. The fraction of sp³-hybridized carbons (Fsp3) is 0.545. The zero-order chi connectivity index (χ0) is 14.8. The molecule has 1 aromatic rings. The van der Waals surface area contributed by atoms with Crippen LogP contribution in [0.4, 0.5) is 19.1 Å². The molecule has 0 bridgehead atoms. The molecule has 0 aromatic carbocycles. The quantitative estimate of drug-likeness (QED) is 0.850. The first kappa shape index (κ1) is 14.5. The highest BCUT2D eigenvalue weighted by Crippen LogP contribution is 2.31. The number of ether oxygens (including phenoxy) is 2. The van der Waals surface area contributed by atoms with Gasteiger partial charge in [-0.1, -0.05) is 0 Å². The van der Waals surface area contributed by atoms with Gasteiger partial charge in [0.1, 0.15) is 5.56 Å². The highest BCUT2D eigenvalue weighted by molar-refractivity contribution is 5.90. The lowest BCUT2D eigenvalue weighted by atomic mass is 10.2. The molecule has 1 N–H and O–H groups in total. The van der Waals surface area contributed by atoms with Crippen molar-refractivity contribution in [3.63, 3.8) is 0 Å². The summed E-state index contributed by atoms with van der Waals surface area (Å²) in [6.07, 6.45) is -3.31. The molecule has 0 saturated carbocycles. The largest absolute Gasteiger partial charge is 0.465 e. The molecule has 9 heteroatoms. The van der Waals surface area contributed by atoms with Crippen molar-refractivity contribution in [2.75, 3.05) is 25.6 Å². The van der Waals surface area contributed by atoms with Crippen LogP contribution in [0.25, 0.3) is 0 Å². The van der Waals surface area contributed by atoms with Crippen molar-refractivity contribution < 1.29 is 27.4 Å². The van der Waals surface area contributed by atoms with E-state index in [4.69, 9.17) is 4.74 Å². The van der Waals surface area contributed by atoms with Gasteiger partial charge in [-0.3, -0.25) is 0 Å². The molecule has 1 aliphatic heterocycles. The van der Waals surface area contributed by atoms with Crippen molar-refractivity contribution in [1.82, 2.24) is 9.97 Å². The molecule has 0 aliphatic carbocycles. The highest BCUT2D eigenvalue weighted by atomic mass is 19.4. The normalized spacial score (nSPS) is 18.9. The van der Waals surface area contributed by atoms with Gasteiger partial charge in [-0.2, -0.15) is 13.2 Å². The maximum Gasteiger partial charge on any atom is 0.434 e. The van der Waals surface area contributed by atoms with Crippen molar-refractivity contribution in [2.45, 2.75) is 18.6 Å². The lowest BCUT2D eigenvalue weighted by Gasteiger charge is -2.14. The summed E-state index contributed by atoms with van der Waals surface area (Å²) in [5, 5.41) is 2.74. The van der Waals surface area contributed by atoms with E-state index < -0.39 is 23.4 Å². The predicted octanol–water partition coefficient (Wildman–Crippen LogP) is 1.48. The third kappa shape index (κ3) is 3.16. The standard InChI is InChI=1S/C11H12F3N3O3/c1-19-9(18)7-4-15-10(16-6-2-3-20-5-6)17-8(7)11(12,13)14/h4,6H,2-3,5H2,1H3,(H,15,16,17). The van der Waals surface area contributed by atoms with Gasteiger partial charge in [0.05, 0.1) is 19.8 Å². The molecule has 0 amide bonds. The first-order chi connectivity index (χ1) is 9.41.